The summed E-state index contributed by atoms with van der Waals surface area (Å²) in [4.78, 5) is 56.3. The lowest BCUT2D eigenvalue weighted by Crippen LogP contribution is -2.09. The molecule has 122 valence electrons. The highest BCUT2D eigenvalue weighted by Crippen LogP contribution is 2.37. The molecule has 8 heteroatoms. The van der Waals surface area contributed by atoms with Gasteiger partial charge in [0.25, 0.3) is 0 Å². The lowest BCUT2D eigenvalue weighted by Gasteiger charge is -2.20. The van der Waals surface area contributed by atoms with Gasteiger partial charge in [-0.15, -0.1) is 0 Å². The molecule has 0 bridgehead atoms. The summed E-state index contributed by atoms with van der Waals surface area (Å²) in [6, 6.07) is 3.83. The van der Waals surface area contributed by atoms with E-state index in [0.717, 1.165) is 0 Å². The zero-order chi connectivity index (χ0) is 17.8. The van der Waals surface area contributed by atoms with Crippen LogP contribution in [-0.4, -0.2) is 30.9 Å². The van der Waals surface area contributed by atoms with Gasteiger partial charge in [-0.25, -0.2) is 24.2 Å². The number of hydrogen-bond donors (Lipinski definition) is 0. The normalized spacial score (nSPS) is 11.7. The van der Waals surface area contributed by atoms with Crippen molar-refractivity contribution in [1.29, 1.82) is 0 Å². The molecule has 0 aliphatic heterocycles. The Hall–Kier alpha value is -3.26. The molecule has 0 heterocycles. The average molecular weight is 326 g/mol. The maximum atomic E-state index is 10.8. The van der Waals surface area contributed by atoms with Crippen LogP contribution < -0.4 is 0 Å². The molecule has 0 aliphatic carbocycles. The quantitative estimate of drug-likeness (QED) is 0.394. The highest BCUT2D eigenvalue weighted by atomic mass is 16.1. The van der Waals surface area contributed by atoms with Gasteiger partial charge in [0.05, 0.1) is 24.0 Å². The largest absolute Gasteiger partial charge is 0.240 e. The third-order valence-corrected chi connectivity index (χ3v) is 3.40. The molecule has 1 rings (SSSR count). The first kappa shape index (κ1) is 18.8. The molecular formula is C16H14N4O4. The molecular weight excluding hydrogens is 312 g/mol. The number of isocyanates is 4. The van der Waals surface area contributed by atoms with Crippen LogP contribution in [0.25, 0.3) is 0 Å². The molecule has 0 spiro atoms. The predicted octanol–water partition coefficient (Wildman–Crippen LogP) is 2.75. The lowest BCUT2D eigenvalue weighted by atomic mass is 9.90. The molecule has 24 heavy (non-hydrogen) atoms. The molecule has 0 N–H and O–H groups in total. The molecule has 1 aromatic carbocycles. The van der Waals surface area contributed by atoms with Crippen molar-refractivity contribution in [1.82, 2.24) is 0 Å². The summed E-state index contributed by atoms with van der Waals surface area (Å²) in [5.74, 6) is -0.135. The van der Waals surface area contributed by atoms with Crippen molar-refractivity contribution in [2.24, 2.45) is 25.9 Å². The van der Waals surface area contributed by atoms with Crippen LogP contribution in [0.15, 0.2) is 38.2 Å². The van der Waals surface area contributed by atoms with E-state index >= 15 is 0 Å². The molecule has 0 aromatic heterocycles. The fraction of sp³-hybridized carbons (Fsp3) is 0.375. The Bertz CT molecular complexity index is 766. The van der Waals surface area contributed by atoms with Crippen LogP contribution in [-0.2, 0) is 19.2 Å². The van der Waals surface area contributed by atoms with Crippen molar-refractivity contribution in [3.63, 3.8) is 0 Å². The topological polar surface area (TPSA) is 118 Å². The number of benzene rings is 1. The fourth-order valence-corrected chi connectivity index (χ4v) is 2.31. The van der Waals surface area contributed by atoms with Gasteiger partial charge in [0.2, 0.25) is 24.3 Å². The monoisotopic (exact) mass is 326 g/mol. The van der Waals surface area contributed by atoms with Crippen molar-refractivity contribution in [3.8, 4) is 0 Å². The Morgan fingerprint density at radius 3 is 2.38 bits per heavy atom. The summed E-state index contributed by atoms with van der Waals surface area (Å²) in [7, 11) is 0. The average Bonchev–Trinajstić information content (AvgIpc) is 2.58. The van der Waals surface area contributed by atoms with Crippen molar-refractivity contribution in [2.75, 3.05) is 6.54 Å². The summed E-state index contributed by atoms with van der Waals surface area (Å²) in [6.45, 7) is 2.17. The second-order valence-electron chi connectivity index (χ2n) is 4.91. The second-order valence-corrected chi connectivity index (χ2v) is 4.91. The molecule has 2 unspecified atom stereocenters. The van der Waals surface area contributed by atoms with Gasteiger partial charge >= 0.3 is 0 Å². The molecule has 0 radical (unpaired) electrons. The van der Waals surface area contributed by atoms with Gasteiger partial charge in [0.1, 0.15) is 0 Å². The van der Waals surface area contributed by atoms with Crippen LogP contribution in [0.5, 0.6) is 0 Å². The Labute approximate surface area is 137 Å². The zero-order valence-corrected chi connectivity index (χ0v) is 12.9. The van der Waals surface area contributed by atoms with Gasteiger partial charge in [-0.05, 0) is 37.0 Å². The summed E-state index contributed by atoms with van der Waals surface area (Å²) in [5.41, 5.74) is 1.02. The summed E-state index contributed by atoms with van der Waals surface area (Å²) in [5, 5.41) is 0. The Balaban J connectivity index is 3.23. The first-order chi connectivity index (χ1) is 11.7. The van der Waals surface area contributed by atoms with Crippen molar-refractivity contribution < 1.29 is 19.2 Å². The second kappa shape index (κ2) is 10.5. The minimum absolute atomic E-state index is 0.135. The van der Waals surface area contributed by atoms with E-state index in [4.69, 9.17) is 0 Å². The van der Waals surface area contributed by atoms with E-state index in [9.17, 15) is 19.2 Å². The fourth-order valence-electron chi connectivity index (χ4n) is 2.31. The number of rotatable bonds is 9. The van der Waals surface area contributed by atoms with E-state index in [1.165, 1.54) is 42.5 Å². The van der Waals surface area contributed by atoms with Crippen molar-refractivity contribution in [2.45, 2.75) is 25.8 Å². The number of aliphatic imine (C=N–C) groups is 4. The lowest BCUT2D eigenvalue weighted by molar-refractivity contribution is 0.427. The predicted molar refractivity (Wildman–Crippen MR) is 84.3 cm³/mol. The molecule has 0 saturated carbocycles. The molecule has 0 amide bonds. The highest BCUT2D eigenvalue weighted by molar-refractivity contribution is 5.62. The number of carbonyl (C=O) groups excluding carboxylic acids is 4. The van der Waals surface area contributed by atoms with Crippen LogP contribution in [0.1, 0.15) is 31.4 Å². The van der Waals surface area contributed by atoms with Crippen LogP contribution in [0.4, 0.5) is 11.4 Å². The van der Waals surface area contributed by atoms with E-state index in [1.807, 2.05) is 6.92 Å². The number of nitrogens with zero attached hydrogens (tertiary/aromatic N) is 4. The van der Waals surface area contributed by atoms with Crippen molar-refractivity contribution in [3.05, 3.63) is 23.8 Å². The van der Waals surface area contributed by atoms with E-state index in [2.05, 4.69) is 20.0 Å². The van der Waals surface area contributed by atoms with Crippen LogP contribution >= 0.6 is 0 Å². The minimum atomic E-state index is -0.642. The van der Waals surface area contributed by atoms with Gasteiger partial charge in [-0.2, -0.15) is 15.0 Å². The summed E-state index contributed by atoms with van der Waals surface area (Å²) in [6.07, 6.45) is 7.03. The smallest absolute Gasteiger partial charge is 0.211 e. The zero-order valence-electron chi connectivity index (χ0n) is 12.9. The highest BCUT2D eigenvalue weighted by Gasteiger charge is 2.22. The Morgan fingerprint density at radius 1 is 1.00 bits per heavy atom. The van der Waals surface area contributed by atoms with Gasteiger partial charge in [-0.3, -0.25) is 0 Å². The Kier molecular flexibility index (Phi) is 8.19. The SMILES string of the molecule is CC(CCCN=C=O)C(N=C=O)c1cc(N=C=O)ccc1N=C=O. The van der Waals surface area contributed by atoms with Crippen LogP contribution in [0.3, 0.4) is 0 Å². The van der Waals surface area contributed by atoms with Gasteiger partial charge < -0.3 is 0 Å². The summed E-state index contributed by atoms with van der Waals surface area (Å²) < 4.78 is 0. The van der Waals surface area contributed by atoms with Crippen molar-refractivity contribution >= 4 is 35.7 Å². The molecule has 0 aliphatic rings. The third-order valence-electron chi connectivity index (χ3n) is 3.40. The molecule has 1 aromatic rings. The maximum absolute atomic E-state index is 10.8. The van der Waals surface area contributed by atoms with E-state index in [1.54, 1.807) is 0 Å². The van der Waals surface area contributed by atoms with Crippen LogP contribution in [0.2, 0.25) is 0 Å². The minimum Gasteiger partial charge on any atom is -0.211 e. The van der Waals surface area contributed by atoms with Gasteiger partial charge in [-0.1, -0.05) is 6.92 Å². The molecule has 2 atom stereocenters. The Morgan fingerprint density at radius 2 is 1.75 bits per heavy atom. The molecule has 0 fully saturated rings. The maximum Gasteiger partial charge on any atom is 0.240 e. The first-order valence-electron chi connectivity index (χ1n) is 7.08. The van der Waals surface area contributed by atoms with E-state index in [-0.39, 0.29) is 11.6 Å². The van der Waals surface area contributed by atoms with Crippen LogP contribution in [0, 0.1) is 5.92 Å². The first-order valence-corrected chi connectivity index (χ1v) is 7.08. The van der Waals surface area contributed by atoms with Gasteiger partial charge in [0, 0.05) is 5.56 Å². The van der Waals surface area contributed by atoms with E-state index in [0.29, 0.717) is 30.6 Å². The third kappa shape index (κ3) is 5.50. The molecule has 8 nitrogen and oxygen atoms in total. The van der Waals surface area contributed by atoms with Gasteiger partial charge in [0.15, 0.2) is 0 Å². The van der Waals surface area contributed by atoms with E-state index < -0.39 is 6.04 Å². The molecule has 0 saturated heterocycles. The standard InChI is InChI=1S/C16H14N4O4/c1-12(3-2-6-17-8-21)16(20-11-24)14-7-13(18-9-22)4-5-15(14)19-10-23/h4-5,7,12,16H,2-3,6H2,1H3. The number of hydrogen-bond acceptors (Lipinski definition) is 8. The summed E-state index contributed by atoms with van der Waals surface area (Å²) >= 11 is 0.